The second-order valence-corrected chi connectivity index (χ2v) is 15.8. The van der Waals surface area contributed by atoms with Crippen LogP contribution in [0.15, 0.2) is 126 Å². The normalized spacial score (nSPS) is 15.8. The lowest BCUT2D eigenvalue weighted by Crippen LogP contribution is -2.44. The molecule has 57 heavy (non-hydrogen) atoms. The first kappa shape index (κ1) is 33.9. The number of likely N-dealkylation sites (N-methyl/N-ethyl adjacent to an activating group) is 2. The van der Waals surface area contributed by atoms with E-state index in [0.717, 1.165) is 141 Å². The minimum Gasteiger partial charge on any atom is -0.456 e. The van der Waals surface area contributed by atoms with Gasteiger partial charge in [0.25, 0.3) is 0 Å². The van der Waals surface area contributed by atoms with E-state index in [1.807, 2.05) is 0 Å². The maximum atomic E-state index is 6.51. The van der Waals surface area contributed by atoms with Gasteiger partial charge in [0.1, 0.15) is 22.8 Å². The molecule has 9 nitrogen and oxygen atoms in total. The highest BCUT2D eigenvalue weighted by molar-refractivity contribution is 6.07. The second kappa shape index (κ2) is 13.7. The number of aromatic amines is 2. The fourth-order valence-corrected chi connectivity index (χ4v) is 8.57. The first-order valence-electron chi connectivity index (χ1n) is 20.0. The van der Waals surface area contributed by atoms with Crippen LogP contribution >= 0.6 is 0 Å². The number of piperazine rings is 2. The molecule has 2 fully saturated rings. The van der Waals surface area contributed by atoms with Crippen LogP contribution < -0.4 is 9.80 Å². The van der Waals surface area contributed by atoms with Crippen LogP contribution in [0.3, 0.4) is 0 Å². The monoisotopic (exact) mass is 748 g/mol. The zero-order valence-corrected chi connectivity index (χ0v) is 32.3. The Bertz CT molecular complexity index is 2710. The van der Waals surface area contributed by atoms with Crippen molar-refractivity contribution in [3.05, 3.63) is 121 Å². The van der Waals surface area contributed by atoms with Crippen LogP contribution in [0.1, 0.15) is 0 Å². The number of aromatic nitrogens is 4. The number of rotatable bonds is 6. The SMILES string of the molecule is CN1CCN(c2ccc3nc(-c4ccc(-c5ccc6c(c5)oc5cc(-c7ccc(-c8nc9ccc(N%10CCN(C)CC%10)cc9[nH]8)cc7)ccc56)cc4)[nH]c3c2)CC1. The summed E-state index contributed by atoms with van der Waals surface area (Å²) in [7, 11) is 4.38. The lowest BCUT2D eigenvalue weighted by atomic mass is 10.0. The van der Waals surface area contributed by atoms with Crippen LogP contribution in [0.5, 0.6) is 0 Å². The maximum Gasteiger partial charge on any atom is 0.138 e. The van der Waals surface area contributed by atoms with Gasteiger partial charge in [-0.3, -0.25) is 0 Å². The summed E-state index contributed by atoms with van der Waals surface area (Å²) < 4.78 is 6.51. The van der Waals surface area contributed by atoms with Gasteiger partial charge in [0.05, 0.1) is 22.1 Å². The Labute approximate surface area is 331 Å². The number of hydrogen-bond acceptors (Lipinski definition) is 7. The molecule has 2 aliphatic heterocycles. The average Bonchev–Trinajstić information content (AvgIpc) is 3.98. The smallest absolute Gasteiger partial charge is 0.138 e. The highest BCUT2D eigenvalue weighted by atomic mass is 16.3. The molecule has 0 spiro atoms. The highest BCUT2D eigenvalue weighted by Crippen LogP contribution is 2.36. The molecule has 282 valence electrons. The third kappa shape index (κ3) is 6.29. The molecule has 0 amide bonds. The van der Waals surface area contributed by atoms with E-state index in [0.29, 0.717) is 0 Å². The zero-order chi connectivity index (χ0) is 38.0. The Morgan fingerprint density at radius 1 is 0.421 bits per heavy atom. The third-order valence-electron chi connectivity index (χ3n) is 12.1. The van der Waals surface area contributed by atoms with Crippen molar-refractivity contribution in [2.45, 2.75) is 0 Å². The first-order chi connectivity index (χ1) is 28.0. The van der Waals surface area contributed by atoms with E-state index < -0.39 is 0 Å². The lowest BCUT2D eigenvalue weighted by Gasteiger charge is -2.34. The van der Waals surface area contributed by atoms with Gasteiger partial charge < -0.3 is 34.0 Å². The largest absolute Gasteiger partial charge is 0.456 e. The summed E-state index contributed by atoms with van der Waals surface area (Å²) in [6, 6.07) is 43.4. The Balaban J connectivity index is 0.808. The van der Waals surface area contributed by atoms with Crippen LogP contribution in [-0.2, 0) is 0 Å². The van der Waals surface area contributed by atoms with Crippen molar-refractivity contribution in [3.8, 4) is 45.0 Å². The summed E-state index contributed by atoms with van der Waals surface area (Å²) in [4.78, 5) is 26.7. The fourth-order valence-electron chi connectivity index (χ4n) is 8.57. The highest BCUT2D eigenvalue weighted by Gasteiger charge is 2.18. The first-order valence-corrected chi connectivity index (χ1v) is 20.0. The van der Waals surface area contributed by atoms with E-state index in [1.54, 1.807) is 0 Å². The molecule has 0 radical (unpaired) electrons. The van der Waals surface area contributed by atoms with E-state index in [9.17, 15) is 0 Å². The van der Waals surface area contributed by atoms with Crippen LogP contribution in [-0.4, -0.2) is 96.2 Å². The maximum absolute atomic E-state index is 6.51. The standard InChI is InChI=1S/C48H44N8O/c1-53-19-23-55(24-20-53)37-13-17-41-43(29-37)51-47(49-41)33-7-3-31(4-8-33)35-11-15-39-40-16-12-36(28-46(40)57-45(39)27-35)32-5-9-34(10-6-32)48-50-42-18-14-38(30-44(42)52-48)56-25-21-54(2)22-26-56/h3-18,27-30H,19-26H2,1-2H3,(H,49,51)(H,50,52). The second-order valence-electron chi connectivity index (χ2n) is 15.8. The molecule has 2 N–H and O–H groups in total. The van der Waals surface area contributed by atoms with Crippen LogP contribution in [0.4, 0.5) is 11.4 Å². The summed E-state index contributed by atoms with van der Waals surface area (Å²) in [5, 5.41) is 2.23. The molecule has 0 saturated carbocycles. The van der Waals surface area contributed by atoms with Gasteiger partial charge in [-0.05, 0) is 97.0 Å². The van der Waals surface area contributed by atoms with Crippen molar-refractivity contribution in [3.63, 3.8) is 0 Å². The van der Waals surface area contributed by atoms with Gasteiger partial charge in [0.15, 0.2) is 0 Å². The Kier molecular flexibility index (Phi) is 8.11. The van der Waals surface area contributed by atoms with Gasteiger partial charge in [-0.15, -0.1) is 0 Å². The van der Waals surface area contributed by atoms with Gasteiger partial charge in [0.2, 0.25) is 0 Å². The summed E-state index contributed by atoms with van der Waals surface area (Å²) in [6.07, 6.45) is 0. The van der Waals surface area contributed by atoms with E-state index in [4.69, 9.17) is 14.4 Å². The molecule has 11 rings (SSSR count). The number of furan rings is 1. The number of nitrogens with one attached hydrogen (secondary N) is 2. The van der Waals surface area contributed by atoms with Gasteiger partial charge in [-0.1, -0.05) is 60.7 Å². The van der Waals surface area contributed by atoms with E-state index >= 15 is 0 Å². The van der Waals surface area contributed by atoms with E-state index in [1.165, 1.54) is 11.4 Å². The quantitative estimate of drug-likeness (QED) is 0.175. The molecule has 3 aromatic heterocycles. The van der Waals surface area contributed by atoms with Gasteiger partial charge in [0, 0.05) is 85.6 Å². The Morgan fingerprint density at radius 3 is 1.23 bits per heavy atom. The number of imidazole rings is 2. The number of H-pyrrole nitrogens is 2. The number of fused-ring (bicyclic) bond motifs is 5. The predicted molar refractivity (Wildman–Crippen MR) is 234 cm³/mol. The van der Waals surface area contributed by atoms with Crippen molar-refractivity contribution in [2.24, 2.45) is 0 Å². The van der Waals surface area contributed by atoms with Gasteiger partial charge in [-0.25, -0.2) is 9.97 Å². The Hall–Kier alpha value is -6.42. The molecule has 9 heteroatoms. The van der Waals surface area contributed by atoms with Crippen LogP contribution in [0, 0.1) is 0 Å². The molecule has 0 atom stereocenters. The summed E-state index contributed by atoms with van der Waals surface area (Å²) >= 11 is 0. The molecule has 6 aromatic carbocycles. The summed E-state index contributed by atoms with van der Waals surface area (Å²) in [5.74, 6) is 1.77. The fraction of sp³-hybridized carbons (Fsp3) is 0.208. The molecule has 5 heterocycles. The van der Waals surface area contributed by atoms with Gasteiger partial charge >= 0.3 is 0 Å². The number of hydrogen-bond donors (Lipinski definition) is 2. The zero-order valence-electron chi connectivity index (χ0n) is 32.3. The third-order valence-corrected chi connectivity index (χ3v) is 12.1. The minimum absolute atomic E-state index is 0.883. The summed E-state index contributed by atoms with van der Waals surface area (Å²) in [6.45, 7) is 8.53. The van der Waals surface area contributed by atoms with Crippen molar-refractivity contribution in [1.82, 2.24) is 29.7 Å². The molecule has 2 aliphatic rings. The minimum atomic E-state index is 0.883. The lowest BCUT2D eigenvalue weighted by molar-refractivity contribution is 0.313. The number of nitrogens with zero attached hydrogens (tertiary/aromatic N) is 6. The topological polar surface area (TPSA) is 83.5 Å². The summed E-state index contributed by atoms with van der Waals surface area (Å²) in [5.41, 5.74) is 15.0. The molecule has 9 aromatic rings. The molecule has 0 aliphatic carbocycles. The van der Waals surface area contributed by atoms with Crippen molar-refractivity contribution >= 4 is 55.4 Å². The molecule has 0 unspecified atom stereocenters. The number of benzene rings is 6. The molecular weight excluding hydrogens is 705 g/mol. The van der Waals surface area contributed by atoms with Crippen LogP contribution in [0.2, 0.25) is 0 Å². The van der Waals surface area contributed by atoms with Crippen molar-refractivity contribution in [2.75, 3.05) is 76.3 Å². The number of anilines is 2. The van der Waals surface area contributed by atoms with Crippen molar-refractivity contribution in [1.29, 1.82) is 0 Å². The van der Waals surface area contributed by atoms with E-state index in [-0.39, 0.29) is 0 Å². The van der Waals surface area contributed by atoms with Crippen LogP contribution in [0.25, 0.3) is 89.0 Å². The van der Waals surface area contributed by atoms with Gasteiger partial charge in [-0.2, -0.15) is 0 Å². The predicted octanol–water partition coefficient (Wildman–Crippen LogP) is 9.51. The van der Waals surface area contributed by atoms with Crippen molar-refractivity contribution < 1.29 is 4.42 Å². The Morgan fingerprint density at radius 2 is 0.807 bits per heavy atom. The molecule has 2 saturated heterocycles. The molecular formula is C48H44N8O. The molecule has 0 bridgehead atoms. The average molecular weight is 749 g/mol. The van der Waals surface area contributed by atoms with E-state index in [2.05, 4.69) is 165 Å².